The number of aliphatic carboxylic acids is 1. The van der Waals surface area contributed by atoms with Crippen molar-refractivity contribution in [3.8, 4) is 0 Å². The van der Waals surface area contributed by atoms with E-state index >= 15 is 0 Å². The Bertz CT molecular complexity index is 593. The Morgan fingerprint density at radius 3 is 2.82 bits per heavy atom. The summed E-state index contributed by atoms with van der Waals surface area (Å²) in [5.41, 5.74) is 1.84. The molecule has 0 amide bonds. The maximum Gasteiger partial charge on any atom is 0.309 e. The van der Waals surface area contributed by atoms with Crippen LogP contribution in [0.1, 0.15) is 18.4 Å². The largest absolute Gasteiger partial charge is 0.481 e. The zero-order valence-electron chi connectivity index (χ0n) is 9.81. The molecule has 1 heterocycles. The number of aromatic nitrogens is 1. The number of hydrogen-bond acceptors (Lipinski definition) is 1. The highest BCUT2D eigenvalue weighted by atomic mass is 16.4. The molecule has 0 radical (unpaired) electrons. The van der Waals surface area contributed by atoms with E-state index < -0.39 is 11.4 Å². The van der Waals surface area contributed by atoms with Gasteiger partial charge in [-0.1, -0.05) is 12.1 Å². The van der Waals surface area contributed by atoms with Crippen LogP contribution in [0.25, 0.3) is 10.9 Å². The summed E-state index contributed by atoms with van der Waals surface area (Å²) in [6, 6.07) is 8.20. The van der Waals surface area contributed by atoms with Crippen LogP contribution in [0, 0.1) is 5.41 Å². The van der Waals surface area contributed by atoms with Gasteiger partial charge in [0.1, 0.15) is 0 Å². The second-order valence-corrected chi connectivity index (χ2v) is 5.04. The van der Waals surface area contributed by atoms with Gasteiger partial charge in [0, 0.05) is 24.1 Å². The van der Waals surface area contributed by atoms with Crippen LogP contribution in [0.2, 0.25) is 0 Å². The van der Waals surface area contributed by atoms with Gasteiger partial charge in [-0.2, -0.15) is 0 Å². The average molecular weight is 229 g/mol. The second kappa shape index (κ2) is 3.36. The van der Waals surface area contributed by atoms with E-state index in [0.29, 0.717) is 6.42 Å². The molecule has 1 aliphatic carbocycles. The van der Waals surface area contributed by atoms with E-state index in [0.717, 1.165) is 18.4 Å². The topological polar surface area (TPSA) is 42.2 Å². The molecule has 3 heteroatoms. The zero-order valence-corrected chi connectivity index (χ0v) is 9.81. The lowest BCUT2D eigenvalue weighted by atomic mass is 9.94. The van der Waals surface area contributed by atoms with Crippen molar-refractivity contribution in [3.63, 3.8) is 0 Å². The number of benzene rings is 1. The molecule has 0 bridgehead atoms. The number of carboxylic acid groups (broad SMARTS) is 1. The summed E-state index contributed by atoms with van der Waals surface area (Å²) in [6.45, 7) is 0. The van der Waals surface area contributed by atoms with E-state index in [-0.39, 0.29) is 0 Å². The maximum atomic E-state index is 11.2. The number of carboxylic acids is 1. The van der Waals surface area contributed by atoms with Gasteiger partial charge in [-0.3, -0.25) is 4.79 Å². The molecule has 1 fully saturated rings. The molecule has 3 nitrogen and oxygen atoms in total. The predicted octanol–water partition coefficient (Wildman–Crippen LogP) is 2.59. The molecule has 0 aliphatic heterocycles. The van der Waals surface area contributed by atoms with Crippen LogP contribution in [0.3, 0.4) is 0 Å². The van der Waals surface area contributed by atoms with Gasteiger partial charge in [-0.05, 0) is 37.0 Å². The molecule has 1 N–H and O–H groups in total. The Labute approximate surface area is 99.7 Å². The third-order valence-electron chi connectivity index (χ3n) is 3.85. The standard InChI is InChI=1S/C14H15NO2/c1-15-8-5-11-10(3-2-4-12(11)15)9-14(6-7-14)13(16)17/h2-5,8H,6-7,9H2,1H3,(H,16,17). The van der Waals surface area contributed by atoms with E-state index in [2.05, 4.69) is 16.7 Å². The summed E-state index contributed by atoms with van der Waals surface area (Å²) in [4.78, 5) is 11.2. The highest BCUT2D eigenvalue weighted by molar-refractivity contribution is 5.85. The van der Waals surface area contributed by atoms with Crippen molar-refractivity contribution in [2.75, 3.05) is 0 Å². The van der Waals surface area contributed by atoms with Gasteiger partial charge in [0.05, 0.1) is 5.41 Å². The molecule has 3 rings (SSSR count). The highest BCUT2D eigenvalue weighted by Gasteiger charge is 2.50. The third kappa shape index (κ3) is 1.54. The fourth-order valence-corrected chi connectivity index (χ4v) is 2.50. The molecule has 1 aliphatic rings. The van der Waals surface area contributed by atoms with Crippen molar-refractivity contribution in [2.45, 2.75) is 19.3 Å². The van der Waals surface area contributed by atoms with Gasteiger partial charge in [-0.25, -0.2) is 0 Å². The summed E-state index contributed by atoms with van der Waals surface area (Å²) in [6.07, 6.45) is 4.30. The first kappa shape index (κ1) is 10.4. The molecule has 1 aromatic heterocycles. The Hall–Kier alpha value is -1.77. The molecule has 1 saturated carbocycles. The first-order chi connectivity index (χ1) is 8.12. The molecule has 0 spiro atoms. The van der Waals surface area contributed by atoms with Crippen molar-refractivity contribution in [3.05, 3.63) is 36.0 Å². The van der Waals surface area contributed by atoms with Crippen LogP contribution in [0.4, 0.5) is 0 Å². The fraction of sp³-hybridized carbons (Fsp3) is 0.357. The van der Waals surface area contributed by atoms with Gasteiger partial charge in [0.15, 0.2) is 0 Å². The minimum absolute atomic E-state index is 0.482. The monoisotopic (exact) mass is 229 g/mol. The zero-order chi connectivity index (χ0) is 12.0. The fourth-order valence-electron chi connectivity index (χ4n) is 2.50. The number of nitrogens with zero attached hydrogens (tertiary/aromatic N) is 1. The number of hydrogen-bond donors (Lipinski definition) is 1. The van der Waals surface area contributed by atoms with Crippen molar-refractivity contribution in [1.29, 1.82) is 0 Å². The van der Waals surface area contributed by atoms with Crippen molar-refractivity contribution >= 4 is 16.9 Å². The van der Waals surface area contributed by atoms with Gasteiger partial charge < -0.3 is 9.67 Å². The summed E-state index contributed by atoms with van der Waals surface area (Å²) < 4.78 is 2.07. The summed E-state index contributed by atoms with van der Waals surface area (Å²) >= 11 is 0. The number of aryl methyl sites for hydroxylation is 1. The van der Waals surface area contributed by atoms with Crippen LogP contribution >= 0.6 is 0 Å². The SMILES string of the molecule is Cn1ccc2c(CC3(C(=O)O)CC3)cccc21. The molecular formula is C14H15NO2. The second-order valence-electron chi connectivity index (χ2n) is 5.04. The Kier molecular flexibility index (Phi) is 2.05. The molecule has 1 aromatic carbocycles. The van der Waals surface area contributed by atoms with Crippen LogP contribution < -0.4 is 0 Å². The molecule has 2 aromatic rings. The van der Waals surface area contributed by atoms with Gasteiger partial charge in [-0.15, -0.1) is 0 Å². The van der Waals surface area contributed by atoms with E-state index in [4.69, 9.17) is 0 Å². The quantitative estimate of drug-likeness (QED) is 0.879. The summed E-state index contributed by atoms with van der Waals surface area (Å²) in [5, 5.41) is 10.4. The van der Waals surface area contributed by atoms with E-state index in [9.17, 15) is 9.90 Å². The smallest absolute Gasteiger partial charge is 0.309 e. The first-order valence-electron chi connectivity index (χ1n) is 5.89. The van der Waals surface area contributed by atoms with Crippen LogP contribution in [0.15, 0.2) is 30.5 Å². The van der Waals surface area contributed by atoms with E-state index in [1.807, 2.05) is 25.4 Å². The van der Waals surface area contributed by atoms with Crippen LogP contribution in [-0.2, 0) is 18.3 Å². The summed E-state index contributed by atoms with van der Waals surface area (Å²) in [7, 11) is 2.01. The Morgan fingerprint density at radius 2 is 2.18 bits per heavy atom. The normalized spacial score (nSPS) is 17.2. The highest BCUT2D eigenvalue weighted by Crippen LogP contribution is 2.49. The number of rotatable bonds is 3. The van der Waals surface area contributed by atoms with Gasteiger partial charge in [0.2, 0.25) is 0 Å². The first-order valence-corrected chi connectivity index (χ1v) is 5.89. The van der Waals surface area contributed by atoms with Crippen molar-refractivity contribution in [2.24, 2.45) is 12.5 Å². The molecule has 0 unspecified atom stereocenters. The van der Waals surface area contributed by atoms with E-state index in [1.165, 1.54) is 10.9 Å². The Morgan fingerprint density at radius 1 is 1.41 bits per heavy atom. The lowest BCUT2D eigenvalue weighted by Crippen LogP contribution is -2.17. The number of carbonyl (C=O) groups is 1. The van der Waals surface area contributed by atoms with Crippen LogP contribution in [0.5, 0.6) is 0 Å². The maximum absolute atomic E-state index is 11.2. The van der Waals surface area contributed by atoms with Crippen molar-refractivity contribution in [1.82, 2.24) is 4.57 Å². The van der Waals surface area contributed by atoms with Gasteiger partial charge >= 0.3 is 5.97 Å². The Balaban J connectivity index is 2.04. The third-order valence-corrected chi connectivity index (χ3v) is 3.85. The lowest BCUT2D eigenvalue weighted by molar-refractivity contribution is -0.143. The lowest BCUT2D eigenvalue weighted by Gasteiger charge is -2.10. The molecular weight excluding hydrogens is 214 g/mol. The minimum Gasteiger partial charge on any atom is -0.481 e. The molecule has 0 saturated heterocycles. The van der Waals surface area contributed by atoms with Crippen LogP contribution in [-0.4, -0.2) is 15.6 Å². The minimum atomic E-state index is -0.648. The molecule has 88 valence electrons. The van der Waals surface area contributed by atoms with E-state index in [1.54, 1.807) is 0 Å². The number of fused-ring (bicyclic) bond motifs is 1. The predicted molar refractivity (Wildman–Crippen MR) is 65.9 cm³/mol. The molecule has 0 atom stereocenters. The van der Waals surface area contributed by atoms with Gasteiger partial charge in [0.25, 0.3) is 0 Å². The average Bonchev–Trinajstić information content (AvgIpc) is 2.99. The summed E-state index contributed by atoms with van der Waals surface area (Å²) in [5.74, 6) is -0.648. The molecule has 17 heavy (non-hydrogen) atoms. The van der Waals surface area contributed by atoms with Crippen molar-refractivity contribution < 1.29 is 9.90 Å².